The first kappa shape index (κ1) is 24.0. The van der Waals surface area contributed by atoms with Gasteiger partial charge in [0.15, 0.2) is 0 Å². The number of aliphatic hydroxyl groups excluding tert-OH is 1. The van der Waals surface area contributed by atoms with Gasteiger partial charge in [-0.15, -0.1) is 6.42 Å². The highest BCUT2D eigenvalue weighted by molar-refractivity contribution is 6.30. The number of aromatic nitrogens is 4. The van der Waals surface area contributed by atoms with Crippen molar-refractivity contribution in [1.29, 1.82) is 0 Å². The summed E-state index contributed by atoms with van der Waals surface area (Å²) in [6, 6.07) is 19.4. The van der Waals surface area contributed by atoms with Crippen LogP contribution in [0.5, 0.6) is 0 Å². The standard InChI is InChI=1S/C24H17ClN2O2.C4H6N2/c1-3-15-5-4-6-17(13-15)19-14-22(28)27(2)21-12-11-20(26-23(19)21)24(29)16-7-9-18(25)10-8-16;1-6-3-2-5-4-6/h1,4-14,24,29H,2H3;2-4H,1H3. The van der Waals surface area contributed by atoms with Gasteiger partial charge in [-0.1, -0.05) is 41.8 Å². The molecule has 0 spiro atoms. The minimum atomic E-state index is -0.918. The second-order valence-corrected chi connectivity index (χ2v) is 8.40. The fraction of sp³-hybridized carbons (Fsp3) is 0.107. The van der Waals surface area contributed by atoms with Gasteiger partial charge in [0.25, 0.3) is 5.56 Å². The molecular weight excluding hydrogens is 460 g/mol. The topological polar surface area (TPSA) is 72.9 Å². The second-order valence-electron chi connectivity index (χ2n) is 7.97. The van der Waals surface area contributed by atoms with E-state index in [0.29, 0.717) is 38.4 Å². The summed E-state index contributed by atoms with van der Waals surface area (Å²) < 4.78 is 3.43. The van der Waals surface area contributed by atoms with Gasteiger partial charge in [0.1, 0.15) is 6.10 Å². The number of benzene rings is 2. The van der Waals surface area contributed by atoms with Crippen LogP contribution < -0.4 is 5.56 Å². The number of hydrogen-bond donors (Lipinski definition) is 1. The van der Waals surface area contributed by atoms with Crippen LogP contribution in [0.25, 0.3) is 22.2 Å². The molecule has 1 unspecified atom stereocenters. The number of rotatable bonds is 3. The van der Waals surface area contributed by atoms with Gasteiger partial charge < -0.3 is 14.2 Å². The molecule has 0 aliphatic carbocycles. The molecule has 1 atom stereocenters. The first-order chi connectivity index (χ1) is 16.9. The van der Waals surface area contributed by atoms with E-state index in [4.69, 9.17) is 23.0 Å². The number of aliphatic hydroxyl groups is 1. The fourth-order valence-corrected chi connectivity index (χ4v) is 3.76. The van der Waals surface area contributed by atoms with E-state index in [1.807, 2.05) is 42.1 Å². The Morgan fingerprint density at radius 1 is 1.06 bits per heavy atom. The lowest BCUT2D eigenvalue weighted by Gasteiger charge is -2.15. The molecule has 0 fully saturated rings. The van der Waals surface area contributed by atoms with Gasteiger partial charge in [-0.3, -0.25) is 4.79 Å². The van der Waals surface area contributed by atoms with Crippen LogP contribution in [0.15, 0.2) is 90.2 Å². The van der Waals surface area contributed by atoms with Crippen molar-refractivity contribution in [1.82, 2.24) is 19.1 Å². The molecule has 35 heavy (non-hydrogen) atoms. The minimum absolute atomic E-state index is 0.147. The summed E-state index contributed by atoms with van der Waals surface area (Å²) in [5, 5.41) is 11.4. The first-order valence-corrected chi connectivity index (χ1v) is 11.2. The zero-order valence-electron chi connectivity index (χ0n) is 19.3. The highest BCUT2D eigenvalue weighted by Crippen LogP contribution is 2.29. The van der Waals surface area contributed by atoms with Crippen molar-refractivity contribution in [3.05, 3.63) is 118 Å². The number of nitrogens with zero attached hydrogens (tertiary/aromatic N) is 4. The van der Waals surface area contributed by atoms with Crippen molar-refractivity contribution in [3.8, 4) is 23.5 Å². The Hall–Kier alpha value is -4.18. The number of terminal acetylenes is 1. The zero-order valence-corrected chi connectivity index (χ0v) is 20.0. The van der Waals surface area contributed by atoms with Crippen molar-refractivity contribution in [3.63, 3.8) is 0 Å². The average Bonchev–Trinajstić information content (AvgIpc) is 3.37. The van der Waals surface area contributed by atoms with Crippen molar-refractivity contribution in [2.24, 2.45) is 14.1 Å². The van der Waals surface area contributed by atoms with Crippen LogP contribution in [0.1, 0.15) is 22.9 Å². The maximum Gasteiger partial charge on any atom is 0.251 e. The Kier molecular flexibility index (Phi) is 7.11. The lowest BCUT2D eigenvalue weighted by molar-refractivity contribution is 0.216. The van der Waals surface area contributed by atoms with E-state index in [1.54, 1.807) is 62.0 Å². The van der Waals surface area contributed by atoms with Crippen molar-refractivity contribution >= 4 is 22.6 Å². The molecule has 7 heteroatoms. The van der Waals surface area contributed by atoms with Gasteiger partial charge in [-0.25, -0.2) is 9.97 Å². The molecular formula is C28H23ClN4O2. The SMILES string of the molecule is C#Cc1cccc(-c2cc(=O)n(C)c3ccc(C(O)c4ccc(Cl)cc4)nc23)c1.Cn1ccnc1. The first-order valence-electron chi connectivity index (χ1n) is 10.8. The lowest BCUT2D eigenvalue weighted by atomic mass is 10.0. The molecule has 6 nitrogen and oxygen atoms in total. The Morgan fingerprint density at radius 3 is 2.46 bits per heavy atom. The van der Waals surface area contributed by atoms with E-state index in [0.717, 1.165) is 5.56 Å². The number of pyridine rings is 2. The van der Waals surface area contributed by atoms with Crippen molar-refractivity contribution in [2.45, 2.75) is 6.10 Å². The Balaban J connectivity index is 0.000000421. The largest absolute Gasteiger partial charge is 0.382 e. The van der Waals surface area contributed by atoms with E-state index in [-0.39, 0.29) is 5.56 Å². The molecule has 0 bridgehead atoms. The van der Waals surface area contributed by atoms with Crippen molar-refractivity contribution in [2.75, 3.05) is 0 Å². The molecule has 0 saturated carbocycles. The molecule has 174 valence electrons. The summed E-state index contributed by atoms with van der Waals surface area (Å²) in [5.41, 5.74) is 4.49. The Bertz CT molecular complexity index is 1570. The third-order valence-corrected chi connectivity index (χ3v) is 5.81. The Labute approximate surface area is 208 Å². The van der Waals surface area contributed by atoms with E-state index in [9.17, 15) is 9.90 Å². The predicted molar refractivity (Wildman–Crippen MR) is 139 cm³/mol. The monoisotopic (exact) mass is 482 g/mol. The second kappa shape index (κ2) is 10.4. The summed E-state index contributed by atoms with van der Waals surface area (Å²) in [6.45, 7) is 0. The third kappa shape index (κ3) is 5.33. The van der Waals surface area contributed by atoms with Crippen LogP contribution in [-0.2, 0) is 14.1 Å². The van der Waals surface area contributed by atoms with Gasteiger partial charge in [-0.2, -0.15) is 0 Å². The maximum atomic E-state index is 12.5. The zero-order chi connectivity index (χ0) is 24.9. The molecule has 5 aromatic rings. The van der Waals surface area contributed by atoms with Crippen LogP contribution in [-0.4, -0.2) is 24.2 Å². The molecule has 0 saturated heterocycles. The van der Waals surface area contributed by atoms with Crippen LogP contribution in [0, 0.1) is 12.3 Å². The predicted octanol–water partition coefficient (Wildman–Crippen LogP) is 4.74. The molecule has 0 amide bonds. The minimum Gasteiger partial charge on any atom is -0.382 e. The van der Waals surface area contributed by atoms with Crippen LogP contribution in [0.3, 0.4) is 0 Å². The summed E-state index contributed by atoms with van der Waals surface area (Å²) >= 11 is 5.94. The number of aryl methyl sites for hydroxylation is 2. The van der Waals surface area contributed by atoms with E-state index < -0.39 is 6.10 Å². The summed E-state index contributed by atoms with van der Waals surface area (Å²) in [4.78, 5) is 21.0. The molecule has 3 aromatic heterocycles. The van der Waals surface area contributed by atoms with Crippen molar-refractivity contribution < 1.29 is 5.11 Å². The van der Waals surface area contributed by atoms with Gasteiger partial charge >= 0.3 is 0 Å². The highest BCUT2D eigenvalue weighted by Gasteiger charge is 2.16. The summed E-state index contributed by atoms with van der Waals surface area (Å²) in [7, 11) is 3.64. The lowest BCUT2D eigenvalue weighted by Crippen LogP contribution is -2.17. The van der Waals surface area contributed by atoms with Crippen LogP contribution in [0.4, 0.5) is 0 Å². The number of halogens is 1. The fourth-order valence-electron chi connectivity index (χ4n) is 3.63. The maximum absolute atomic E-state index is 12.5. The van der Waals surface area contributed by atoms with E-state index >= 15 is 0 Å². The molecule has 5 rings (SSSR count). The normalized spacial score (nSPS) is 11.4. The summed E-state index contributed by atoms with van der Waals surface area (Å²) in [5.74, 6) is 2.61. The number of hydrogen-bond acceptors (Lipinski definition) is 4. The number of imidazole rings is 1. The van der Waals surface area contributed by atoms with E-state index in [2.05, 4.69) is 10.9 Å². The molecule has 0 aliphatic heterocycles. The molecule has 0 aliphatic rings. The van der Waals surface area contributed by atoms with Crippen LogP contribution in [0.2, 0.25) is 5.02 Å². The van der Waals surface area contributed by atoms with Gasteiger partial charge in [0, 0.05) is 48.7 Å². The smallest absolute Gasteiger partial charge is 0.251 e. The molecule has 3 heterocycles. The Morgan fingerprint density at radius 2 is 1.83 bits per heavy atom. The van der Waals surface area contributed by atoms with Gasteiger partial charge in [-0.05, 0) is 47.5 Å². The molecule has 2 aromatic carbocycles. The van der Waals surface area contributed by atoms with Gasteiger partial charge in [0.2, 0.25) is 0 Å². The molecule has 0 radical (unpaired) electrons. The number of fused-ring (bicyclic) bond motifs is 1. The van der Waals surface area contributed by atoms with E-state index in [1.165, 1.54) is 4.57 Å². The third-order valence-electron chi connectivity index (χ3n) is 5.55. The quantitative estimate of drug-likeness (QED) is 0.377. The van der Waals surface area contributed by atoms with Gasteiger partial charge in [0.05, 0.1) is 23.1 Å². The van der Waals surface area contributed by atoms with Crippen LogP contribution >= 0.6 is 11.6 Å². The average molecular weight is 483 g/mol. The highest BCUT2D eigenvalue weighted by atomic mass is 35.5. The molecule has 1 N–H and O–H groups in total. The summed E-state index contributed by atoms with van der Waals surface area (Å²) in [6.07, 6.45) is 10.00.